The van der Waals surface area contributed by atoms with Crippen LogP contribution in [0.1, 0.15) is 285 Å². The van der Waals surface area contributed by atoms with Crippen molar-refractivity contribution in [3.8, 4) is 34.5 Å². The molecule has 10 aromatic rings. The summed E-state index contributed by atoms with van der Waals surface area (Å²) in [5.74, 6) is 6.97. The van der Waals surface area contributed by atoms with Crippen LogP contribution in [0.2, 0.25) is 10.0 Å². The fraction of sp³-hybridized carbons (Fsp3) is 0.402. The zero-order valence-electron chi connectivity index (χ0n) is 74.7. The molecule has 0 bridgehead atoms. The van der Waals surface area contributed by atoms with Crippen LogP contribution in [0.4, 0.5) is 35.1 Å². The number of benzene rings is 10. The summed E-state index contributed by atoms with van der Waals surface area (Å²) in [7, 11) is 1.69. The summed E-state index contributed by atoms with van der Waals surface area (Å²) in [6.45, 7) is 52.0. The van der Waals surface area contributed by atoms with Crippen molar-refractivity contribution in [3.05, 3.63) is 319 Å². The molecule has 7 nitrogen and oxygen atoms in total. The van der Waals surface area contributed by atoms with E-state index in [9.17, 15) is 39.9 Å². The highest BCUT2D eigenvalue weighted by Crippen LogP contribution is 2.48. The van der Waals surface area contributed by atoms with Gasteiger partial charge in [-0.3, -0.25) is 4.79 Å². The average Bonchev–Trinajstić information content (AvgIpc) is 1.64. The average molecular weight is 1690 g/mol. The van der Waals surface area contributed by atoms with Crippen LogP contribution < -0.4 is 28.4 Å². The molecule has 0 radical (unpaired) electrons. The summed E-state index contributed by atoms with van der Waals surface area (Å²) in [5.41, 5.74) is 14.3. The summed E-state index contributed by atoms with van der Waals surface area (Å²) in [6.07, 6.45) is -11.0. The number of rotatable bonds is 16. The van der Waals surface area contributed by atoms with Gasteiger partial charge in [-0.1, -0.05) is 331 Å². The topological polar surface area (TPSA) is 72.5 Å². The van der Waals surface area contributed by atoms with Gasteiger partial charge in [0.2, 0.25) is 0 Å². The van der Waals surface area contributed by atoms with Crippen LogP contribution in [0, 0.1) is 19.8 Å². The van der Waals surface area contributed by atoms with Gasteiger partial charge in [-0.05, 0) is 228 Å². The summed E-state index contributed by atoms with van der Waals surface area (Å²) in [5, 5.41) is 1.02. The molecule has 650 valence electrons. The van der Waals surface area contributed by atoms with E-state index in [0.717, 1.165) is 51.3 Å². The van der Waals surface area contributed by atoms with Crippen LogP contribution >= 0.6 is 23.2 Å². The highest BCUT2D eigenvalue weighted by atomic mass is 35.5. The van der Waals surface area contributed by atoms with Crippen molar-refractivity contribution in [2.45, 2.75) is 258 Å². The van der Waals surface area contributed by atoms with Gasteiger partial charge in [0.05, 0.1) is 23.8 Å². The molecule has 0 amide bonds. The van der Waals surface area contributed by atoms with Crippen molar-refractivity contribution in [1.29, 1.82) is 0 Å². The van der Waals surface area contributed by atoms with Gasteiger partial charge in [0.25, 0.3) is 0 Å². The number of alkyl halides is 8. The number of hydrogen-bond acceptors (Lipinski definition) is 7. The molecule has 10 aromatic carbocycles. The van der Waals surface area contributed by atoms with Crippen LogP contribution in [0.5, 0.6) is 34.5 Å². The maximum Gasteiger partial charge on any atom is 0.586 e. The lowest BCUT2D eigenvalue weighted by Gasteiger charge is -2.11. The SMILES string of the molecule is CC(=O)Oc1ccc(C(C)C)cc1.CC(C)Cc1ccccc1.CC(C)Oc1ccc(C(C)C)cc1.CC(C)c1ccc(C(F)(F)F)cc1.CC(C)c1ccc(OC(F)(F)F)cc1.CC(C)c1ccc2c(c1Cl)OC(F)(F)O2.CC(C)c1cccc(Cl)c1.COc1cccc(C(C)C)c1.Cc1ccc(C(C)C)cc1.Cc1cccc(C(C)C)c1. The predicted octanol–water partition coefficient (Wildman–Crippen LogP) is 33.1. The molecule has 0 aliphatic carbocycles. The van der Waals surface area contributed by atoms with Gasteiger partial charge in [-0.15, -0.1) is 22.0 Å². The van der Waals surface area contributed by atoms with Gasteiger partial charge >= 0.3 is 24.8 Å². The Kier molecular flexibility index (Phi) is 47.4. The van der Waals surface area contributed by atoms with Gasteiger partial charge in [0.15, 0.2) is 11.5 Å². The molecular formula is C102H130Cl2F8O7. The smallest absolute Gasteiger partial charge is 0.497 e. The molecule has 0 spiro atoms. The number of halogens is 10. The van der Waals surface area contributed by atoms with Crippen molar-refractivity contribution in [1.82, 2.24) is 0 Å². The molecule has 0 saturated heterocycles. The van der Waals surface area contributed by atoms with E-state index in [1.165, 1.54) is 93.7 Å². The first-order valence-electron chi connectivity index (χ1n) is 40.7. The maximum atomic E-state index is 12.7. The molecule has 0 fully saturated rings. The lowest BCUT2D eigenvalue weighted by Crippen LogP contribution is -2.26. The highest BCUT2D eigenvalue weighted by molar-refractivity contribution is 6.33. The number of ether oxygens (including phenoxy) is 6. The number of carbonyl (C=O) groups excluding carboxylic acids is 1. The summed E-state index contributed by atoms with van der Waals surface area (Å²) in [4.78, 5) is 10.6. The van der Waals surface area contributed by atoms with E-state index in [2.05, 4.69) is 234 Å². The Morgan fingerprint density at radius 1 is 0.395 bits per heavy atom. The Morgan fingerprint density at radius 3 is 1.15 bits per heavy atom. The zero-order valence-corrected chi connectivity index (χ0v) is 76.2. The van der Waals surface area contributed by atoms with Crippen molar-refractivity contribution < 1.29 is 68.3 Å². The molecular weight excluding hydrogens is 1560 g/mol. The second-order valence-corrected chi connectivity index (χ2v) is 33.0. The third-order valence-electron chi connectivity index (χ3n) is 17.8. The minimum absolute atomic E-state index is 0.0191. The molecule has 0 aromatic heterocycles. The predicted molar refractivity (Wildman–Crippen MR) is 481 cm³/mol. The minimum atomic E-state index is -4.61. The quantitative estimate of drug-likeness (QED) is 0.0542. The molecule has 17 heteroatoms. The summed E-state index contributed by atoms with van der Waals surface area (Å²) >= 11 is 11.7. The Morgan fingerprint density at radius 2 is 0.790 bits per heavy atom. The van der Waals surface area contributed by atoms with Crippen LogP contribution in [0.3, 0.4) is 0 Å². The lowest BCUT2D eigenvalue weighted by molar-refractivity contribution is -0.286. The van der Waals surface area contributed by atoms with E-state index < -0.39 is 24.4 Å². The van der Waals surface area contributed by atoms with E-state index in [-0.39, 0.29) is 46.2 Å². The first kappa shape index (κ1) is 106. The number of carbonyl (C=O) groups is 1. The molecule has 1 aliphatic rings. The standard InChI is InChI=1S/C12H18O.C11H14O2.C10H9ClF2O2.C10H11F3O.C10H11F3.C10H14O.3C10H14.C9H11Cl/c1-9(2)11-5-7-12(8-6-11)13-10(3)4;1-8(2)10-4-6-11(7-5-10)13-9(3)12;1-5(2)6-3-4-7-9(8(6)11)15-10(12,13)14-7;1-7(2)8-3-5-9(6-4-8)14-10(11,12)13;1-7(2)8-3-5-9(6-4-8)10(11,12)13;1-8(2)9-5-4-6-10(7-9)11-3;1-8(2)10-6-4-9(3)5-7-10;1-8(2)10-6-4-5-9(3)7-10;1-9(2)8-10-6-4-3-5-7-10;1-7(2)8-4-3-5-9(10)6-8/h5-10H,1-4H3;4-8H,1-3H3;3-5H,1-2H3;3-7H,1-2H3;3-7H,1-2H3;4-8H,1-3H3;2*4-8H,1-3H3;3-7,9H,8H2,1-2H3;3-7H,1-2H3. The molecule has 0 atom stereocenters. The first-order valence-corrected chi connectivity index (χ1v) is 41.5. The van der Waals surface area contributed by atoms with Crippen LogP contribution in [-0.4, -0.2) is 31.8 Å². The number of aryl methyl sites for hydroxylation is 2. The van der Waals surface area contributed by atoms with E-state index in [0.29, 0.717) is 47.2 Å². The van der Waals surface area contributed by atoms with Gasteiger partial charge in [0, 0.05) is 11.9 Å². The Bertz CT molecular complexity index is 4370. The normalized spacial score (nSPS) is 11.6. The second kappa shape index (κ2) is 53.4. The van der Waals surface area contributed by atoms with E-state index in [4.69, 9.17) is 37.4 Å². The fourth-order valence-corrected chi connectivity index (χ4v) is 11.4. The van der Waals surface area contributed by atoms with Crippen LogP contribution in [0.25, 0.3) is 0 Å². The molecule has 11 rings (SSSR count). The Hall–Kier alpha value is -9.31. The van der Waals surface area contributed by atoms with Crippen molar-refractivity contribution in [2.24, 2.45) is 5.92 Å². The molecule has 1 heterocycles. The minimum Gasteiger partial charge on any atom is -0.497 e. The molecule has 0 unspecified atom stereocenters. The van der Waals surface area contributed by atoms with Crippen LogP contribution in [0.15, 0.2) is 237 Å². The third-order valence-corrected chi connectivity index (χ3v) is 18.4. The highest BCUT2D eigenvalue weighted by Gasteiger charge is 2.45. The van der Waals surface area contributed by atoms with Gasteiger partial charge in [-0.2, -0.15) is 13.2 Å². The second-order valence-electron chi connectivity index (χ2n) is 32.2. The number of methoxy groups -OCH3 is 1. The lowest BCUT2D eigenvalue weighted by atomic mass is 10.0. The largest absolute Gasteiger partial charge is 0.586 e. The maximum absolute atomic E-state index is 12.7. The molecule has 119 heavy (non-hydrogen) atoms. The number of hydrogen-bond donors (Lipinski definition) is 0. The van der Waals surface area contributed by atoms with E-state index in [1.54, 1.807) is 25.3 Å². The van der Waals surface area contributed by atoms with Crippen molar-refractivity contribution in [3.63, 3.8) is 0 Å². The molecule has 0 saturated carbocycles. The first-order chi connectivity index (χ1) is 55.5. The Balaban J connectivity index is 0.000000450. The van der Waals surface area contributed by atoms with Crippen molar-refractivity contribution >= 4 is 29.2 Å². The summed E-state index contributed by atoms with van der Waals surface area (Å²) < 4.78 is 125. The van der Waals surface area contributed by atoms with Crippen LogP contribution in [-0.2, 0) is 17.4 Å². The molecule has 1 aliphatic heterocycles. The fourth-order valence-electron chi connectivity index (χ4n) is 10.8. The van der Waals surface area contributed by atoms with E-state index >= 15 is 0 Å². The number of esters is 1. The third kappa shape index (κ3) is 44.5. The van der Waals surface area contributed by atoms with Gasteiger partial charge in [0.1, 0.15) is 23.0 Å². The monoisotopic (exact) mass is 1690 g/mol. The van der Waals surface area contributed by atoms with Crippen molar-refractivity contribution in [2.75, 3.05) is 7.11 Å². The zero-order chi connectivity index (χ0) is 90.1. The Labute approximate surface area is 717 Å². The van der Waals surface area contributed by atoms with Gasteiger partial charge < -0.3 is 28.4 Å². The van der Waals surface area contributed by atoms with Gasteiger partial charge in [-0.25, -0.2) is 0 Å². The van der Waals surface area contributed by atoms with E-state index in [1.807, 2.05) is 122 Å². The molecule has 0 N–H and O–H groups in total. The number of fused-ring (bicyclic) bond motifs is 1. The summed E-state index contributed by atoms with van der Waals surface area (Å²) in [6, 6.07) is 74.4.